The van der Waals surface area contributed by atoms with E-state index in [1.165, 1.54) is 16.9 Å². The van der Waals surface area contributed by atoms with Crippen LogP contribution in [-0.2, 0) is 6.42 Å². The van der Waals surface area contributed by atoms with Gasteiger partial charge >= 0.3 is 0 Å². The number of benzene rings is 1. The van der Waals surface area contributed by atoms with Gasteiger partial charge in [0.2, 0.25) is 5.78 Å². The van der Waals surface area contributed by atoms with Crippen molar-refractivity contribution in [3.63, 3.8) is 0 Å². The van der Waals surface area contributed by atoms with Gasteiger partial charge in [-0.2, -0.15) is 0 Å². The Hall–Kier alpha value is -1.68. The molecule has 2 rings (SSSR count). The third-order valence-corrected chi connectivity index (χ3v) is 3.18. The number of anilines is 1. The highest BCUT2D eigenvalue weighted by Gasteiger charge is 2.11. The van der Waals surface area contributed by atoms with Crippen molar-refractivity contribution in [2.75, 3.05) is 5.73 Å². The fourth-order valence-corrected chi connectivity index (χ4v) is 2.19. The van der Waals surface area contributed by atoms with E-state index >= 15 is 0 Å². The minimum Gasteiger partial charge on any atom is -0.375 e. The van der Waals surface area contributed by atoms with Crippen LogP contribution in [-0.4, -0.2) is 10.8 Å². The Morgan fingerprint density at radius 2 is 2.06 bits per heavy atom. The molecular formula is C13H14N2OS. The first kappa shape index (κ1) is 11.8. The SMILES string of the molecule is CCCc1ccc(C(=O)c2csc(N)n2)cc1. The number of aromatic nitrogens is 1. The van der Waals surface area contributed by atoms with Crippen LogP contribution in [0.2, 0.25) is 0 Å². The summed E-state index contributed by atoms with van der Waals surface area (Å²) in [5.74, 6) is -0.0685. The predicted molar refractivity (Wildman–Crippen MR) is 70.4 cm³/mol. The van der Waals surface area contributed by atoms with Gasteiger partial charge in [-0.1, -0.05) is 37.6 Å². The molecule has 0 saturated heterocycles. The van der Waals surface area contributed by atoms with Gasteiger partial charge in [-0.3, -0.25) is 4.79 Å². The van der Waals surface area contributed by atoms with Crippen LogP contribution >= 0.6 is 11.3 Å². The number of hydrogen-bond acceptors (Lipinski definition) is 4. The maximum atomic E-state index is 12.0. The van der Waals surface area contributed by atoms with E-state index in [1.54, 1.807) is 5.38 Å². The maximum absolute atomic E-state index is 12.0. The average molecular weight is 246 g/mol. The molecule has 2 N–H and O–H groups in total. The second-order valence-corrected chi connectivity index (χ2v) is 4.74. The summed E-state index contributed by atoms with van der Waals surface area (Å²) in [6, 6.07) is 7.69. The predicted octanol–water partition coefficient (Wildman–Crippen LogP) is 2.91. The number of nitrogen functional groups attached to an aromatic ring is 1. The van der Waals surface area contributed by atoms with E-state index in [-0.39, 0.29) is 5.78 Å². The molecule has 0 radical (unpaired) electrons. The molecule has 1 heterocycles. The fraction of sp³-hybridized carbons (Fsp3) is 0.231. The molecule has 2 aromatic rings. The van der Waals surface area contributed by atoms with E-state index in [9.17, 15) is 4.79 Å². The van der Waals surface area contributed by atoms with Crippen LogP contribution in [0.5, 0.6) is 0 Å². The van der Waals surface area contributed by atoms with Crippen molar-refractivity contribution in [3.05, 3.63) is 46.5 Å². The minimum absolute atomic E-state index is 0.0685. The van der Waals surface area contributed by atoms with Crippen LogP contribution in [0.3, 0.4) is 0 Å². The summed E-state index contributed by atoms with van der Waals surface area (Å²) in [4.78, 5) is 16.0. The summed E-state index contributed by atoms with van der Waals surface area (Å²) in [5.41, 5.74) is 7.85. The smallest absolute Gasteiger partial charge is 0.212 e. The van der Waals surface area contributed by atoms with E-state index in [4.69, 9.17) is 5.73 Å². The molecule has 1 aromatic carbocycles. The summed E-state index contributed by atoms with van der Waals surface area (Å²) in [7, 11) is 0. The van der Waals surface area contributed by atoms with Gasteiger partial charge in [0.1, 0.15) is 5.69 Å². The number of aryl methyl sites for hydroxylation is 1. The minimum atomic E-state index is -0.0685. The van der Waals surface area contributed by atoms with Crippen LogP contribution in [0, 0.1) is 0 Å². The van der Waals surface area contributed by atoms with Crippen LogP contribution < -0.4 is 5.73 Å². The second kappa shape index (κ2) is 5.10. The van der Waals surface area contributed by atoms with E-state index in [0.29, 0.717) is 16.4 Å². The van der Waals surface area contributed by atoms with Crippen molar-refractivity contribution in [1.29, 1.82) is 0 Å². The Labute approximate surface area is 104 Å². The van der Waals surface area contributed by atoms with E-state index < -0.39 is 0 Å². The van der Waals surface area contributed by atoms with Crippen molar-refractivity contribution in [2.24, 2.45) is 0 Å². The Morgan fingerprint density at radius 3 is 2.59 bits per heavy atom. The third kappa shape index (κ3) is 2.71. The number of thiazole rings is 1. The number of carbonyl (C=O) groups excluding carboxylic acids is 1. The lowest BCUT2D eigenvalue weighted by atomic mass is 10.0. The zero-order valence-corrected chi connectivity index (χ0v) is 10.5. The monoisotopic (exact) mass is 246 g/mol. The topological polar surface area (TPSA) is 56.0 Å². The zero-order valence-electron chi connectivity index (χ0n) is 9.64. The lowest BCUT2D eigenvalue weighted by Crippen LogP contribution is -2.02. The molecule has 0 aliphatic rings. The summed E-state index contributed by atoms with van der Waals surface area (Å²) in [6.45, 7) is 2.14. The van der Waals surface area contributed by atoms with Crippen molar-refractivity contribution >= 4 is 22.3 Å². The van der Waals surface area contributed by atoms with Gasteiger partial charge in [-0.05, 0) is 12.0 Å². The van der Waals surface area contributed by atoms with Crippen LogP contribution in [0.15, 0.2) is 29.6 Å². The summed E-state index contributed by atoms with van der Waals surface area (Å²) in [5, 5.41) is 2.12. The molecule has 1 aromatic heterocycles. The molecule has 3 nitrogen and oxygen atoms in total. The molecule has 88 valence electrons. The van der Waals surface area contributed by atoms with E-state index in [0.717, 1.165) is 12.8 Å². The van der Waals surface area contributed by atoms with Gasteiger partial charge in [0, 0.05) is 10.9 Å². The largest absolute Gasteiger partial charge is 0.375 e. The third-order valence-electron chi connectivity index (χ3n) is 2.51. The zero-order chi connectivity index (χ0) is 12.3. The molecule has 0 fully saturated rings. The van der Waals surface area contributed by atoms with Crippen LogP contribution in [0.4, 0.5) is 5.13 Å². The van der Waals surface area contributed by atoms with Crippen molar-refractivity contribution in [1.82, 2.24) is 4.98 Å². The molecule has 0 unspecified atom stereocenters. The normalized spacial score (nSPS) is 10.4. The maximum Gasteiger partial charge on any atom is 0.212 e. The quantitative estimate of drug-likeness (QED) is 0.844. The highest BCUT2D eigenvalue weighted by molar-refractivity contribution is 7.13. The number of hydrogen-bond donors (Lipinski definition) is 1. The molecule has 0 spiro atoms. The Morgan fingerprint density at radius 1 is 1.35 bits per heavy atom. The molecular weight excluding hydrogens is 232 g/mol. The Bertz CT molecular complexity index is 516. The summed E-state index contributed by atoms with van der Waals surface area (Å²) >= 11 is 1.28. The molecule has 0 aliphatic carbocycles. The number of rotatable bonds is 4. The van der Waals surface area contributed by atoms with Crippen molar-refractivity contribution in [2.45, 2.75) is 19.8 Å². The second-order valence-electron chi connectivity index (χ2n) is 3.85. The Balaban J connectivity index is 2.20. The lowest BCUT2D eigenvalue weighted by molar-refractivity contribution is 0.103. The van der Waals surface area contributed by atoms with Gasteiger partial charge in [0.05, 0.1) is 0 Å². The van der Waals surface area contributed by atoms with Gasteiger partial charge in [0.25, 0.3) is 0 Å². The lowest BCUT2D eigenvalue weighted by Gasteiger charge is -2.00. The van der Waals surface area contributed by atoms with Crippen LogP contribution in [0.25, 0.3) is 0 Å². The first-order valence-electron chi connectivity index (χ1n) is 5.55. The highest BCUT2D eigenvalue weighted by atomic mass is 32.1. The summed E-state index contributed by atoms with van der Waals surface area (Å²) < 4.78 is 0. The first-order chi connectivity index (χ1) is 8.20. The highest BCUT2D eigenvalue weighted by Crippen LogP contribution is 2.16. The molecule has 17 heavy (non-hydrogen) atoms. The number of nitrogens with two attached hydrogens (primary N) is 1. The molecule has 0 aliphatic heterocycles. The van der Waals surface area contributed by atoms with Crippen LogP contribution in [0.1, 0.15) is 35.0 Å². The molecule has 0 amide bonds. The standard InChI is InChI=1S/C13H14N2OS/c1-2-3-9-4-6-10(7-5-9)12(16)11-8-17-13(14)15-11/h4-8H,2-3H2,1H3,(H2,14,15). The van der Waals surface area contributed by atoms with E-state index in [1.807, 2.05) is 24.3 Å². The Kier molecular flexibility index (Phi) is 3.54. The number of ketones is 1. The molecule has 0 saturated carbocycles. The molecule has 4 heteroatoms. The van der Waals surface area contributed by atoms with Crippen molar-refractivity contribution in [3.8, 4) is 0 Å². The van der Waals surface area contributed by atoms with Gasteiger partial charge in [-0.15, -0.1) is 11.3 Å². The van der Waals surface area contributed by atoms with Gasteiger partial charge < -0.3 is 5.73 Å². The fourth-order valence-electron chi connectivity index (χ4n) is 1.65. The molecule has 0 bridgehead atoms. The number of carbonyl (C=O) groups is 1. The molecule has 0 atom stereocenters. The number of nitrogens with zero attached hydrogens (tertiary/aromatic N) is 1. The summed E-state index contributed by atoms with van der Waals surface area (Å²) in [6.07, 6.45) is 2.15. The van der Waals surface area contributed by atoms with Gasteiger partial charge in [0.15, 0.2) is 5.13 Å². The van der Waals surface area contributed by atoms with Gasteiger partial charge in [-0.25, -0.2) is 4.98 Å². The first-order valence-corrected chi connectivity index (χ1v) is 6.43. The van der Waals surface area contributed by atoms with E-state index in [2.05, 4.69) is 11.9 Å². The average Bonchev–Trinajstić information content (AvgIpc) is 2.76. The van der Waals surface area contributed by atoms with Crippen molar-refractivity contribution < 1.29 is 4.79 Å².